The minimum absolute atomic E-state index is 0.145. The zero-order valence-electron chi connectivity index (χ0n) is 15.7. The van der Waals surface area contributed by atoms with E-state index < -0.39 is 20.2 Å². The maximum absolute atomic E-state index is 11.2. The summed E-state index contributed by atoms with van der Waals surface area (Å²) in [7, 11) is -2.64. The molecule has 5 heteroatoms. The summed E-state index contributed by atoms with van der Waals surface area (Å²) >= 11 is 0. The van der Waals surface area contributed by atoms with Crippen LogP contribution >= 0.6 is 0 Å². The zero-order chi connectivity index (χ0) is 19.2. The standard InChI is InChI=1S/C21H28O4Si/c1-21(2,3)26(18-10-6-4-7-11-18,19-12-8-5-9-13-19)25-15-14-17(16-22)20(23)24/h4-13,17,22H,14-16H2,1-3H3,(H,23,24). The van der Waals surface area contributed by atoms with Gasteiger partial charge in [-0.3, -0.25) is 4.79 Å². The smallest absolute Gasteiger partial charge is 0.308 e. The van der Waals surface area contributed by atoms with Crippen LogP contribution in [0.2, 0.25) is 5.04 Å². The van der Waals surface area contributed by atoms with E-state index in [1.807, 2.05) is 36.4 Å². The number of rotatable bonds is 8. The Balaban J connectivity index is 2.45. The summed E-state index contributed by atoms with van der Waals surface area (Å²) < 4.78 is 6.61. The van der Waals surface area contributed by atoms with Gasteiger partial charge in [0.15, 0.2) is 0 Å². The van der Waals surface area contributed by atoms with Crippen molar-refractivity contribution in [3.8, 4) is 0 Å². The highest BCUT2D eigenvalue weighted by atomic mass is 28.4. The summed E-state index contributed by atoms with van der Waals surface area (Å²) in [5, 5.41) is 20.7. The number of aliphatic carboxylic acids is 1. The Labute approximate surface area is 156 Å². The number of aliphatic hydroxyl groups is 1. The van der Waals surface area contributed by atoms with Gasteiger partial charge in [-0.1, -0.05) is 81.4 Å². The van der Waals surface area contributed by atoms with Crippen LogP contribution in [-0.2, 0) is 9.22 Å². The van der Waals surface area contributed by atoms with Gasteiger partial charge in [-0.25, -0.2) is 0 Å². The van der Waals surface area contributed by atoms with Crippen LogP contribution in [0.3, 0.4) is 0 Å². The zero-order valence-corrected chi connectivity index (χ0v) is 16.7. The molecule has 0 aromatic heterocycles. The largest absolute Gasteiger partial charge is 0.481 e. The van der Waals surface area contributed by atoms with E-state index in [4.69, 9.17) is 4.43 Å². The third-order valence-corrected chi connectivity index (χ3v) is 9.81. The van der Waals surface area contributed by atoms with Crippen LogP contribution in [0.4, 0.5) is 0 Å². The summed E-state index contributed by atoms with van der Waals surface area (Å²) in [6.07, 6.45) is 0.288. The van der Waals surface area contributed by atoms with Gasteiger partial charge in [0, 0.05) is 6.61 Å². The van der Waals surface area contributed by atoms with Gasteiger partial charge in [0.25, 0.3) is 8.32 Å². The molecule has 0 radical (unpaired) electrons. The first-order valence-corrected chi connectivity index (χ1v) is 10.8. The van der Waals surface area contributed by atoms with Gasteiger partial charge in [0.1, 0.15) is 0 Å². The summed E-state index contributed by atoms with van der Waals surface area (Å²) in [5.41, 5.74) is 0. The molecule has 0 fully saturated rings. The maximum Gasteiger partial charge on any atom is 0.308 e. The number of carboxylic acids is 1. The summed E-state index contributed by atoms with van der Waals surface area (Å²) in [6.45, 7) is 6.46. The first-order valence-electron chi connectivity index (χ1n) is 8.91. The molecule has 2 rings (SSSR count). The van der Waals surface area contributed by atoms with Crippen molar-refractivity contribution in [3.05, 3.63) is 60.7 Å². The molecule has 26 heavy (non-hydrogen) atoms. The number of hydrogen-bond donors (Lipinski definition) is 2. The molecule has 0 bridgehead atoms. The Morgan fingerprint density at radius 3 is 1.81 bits per heavy atom. The lowest BCUT2D eigenvalue weighted by Crippen LogP contribution is -2.66. The molecule has 4 nitrogen and oxygen atoms in total. The Kier molecular flexibility index (Phi) is 6.75. The highest BCUT2D eigenvalue weighted by Crippen LogP contribution is 2.36. The van der Waals surface area contributed by atoms with Crippen LogP contribution in [0.25, 0.3) is 0 Å². The van der Waals surface area contributed by atoms with Crippen LogP contribution in [0, 0.1) is 5.92 Å². The van der Waals surface area contributed by atoms with E-state index in [9.17, 15) is 15.0 Å². The lowest BCUT2D eigenvalue weighted by Gasteiger charge is -2.43. The summed E-state index contributed by atoms with van der Waals surface area (Å²) in [4.78, 5) is 11.2. The van der Waals surface area contributed by atoms with Crippen molar-refractivity contribution in [2.24, 2.45) is 5.92 Å². The molecule has 1 atom stereocenters. The van der Waals surface area contributed by atoms with E-state index in [-0.39, 0.29) is 18.1 Å². The molecule has 140 valence electrons. The molecular formula is C21H28O4Si. The predicted octanol–water partition coefficient (Wildman–Crippen LogP) is 2.65. The fourth-order valence-electron chi connectivity index (χ4n) is 3.41. The average Bonchev–Trinajstić information content (AvgIpc) is 2.62. The first-order chi connectivity index (χ1) is 12.3. The maximum atomic E-state index is 11.2. The van der Waals surface area contributed by atoms with Crippen LogP contribution in [0.15, 0.2) is 60.7 Å². The molecule has 0 saturated heterocycles. The first kappa shape index (κ1) is 20.4. The molecule has 0 aliphatic heterocycles. The molecule has 2 aromatic carbocycles. The molecule has 1 unspecified atom stereocenters. The number of benzene rings is 2. The van der Waals surface area contributed by atoms with E-state index in [1.165, 1.54) is 0 Å². The predicted molar refractivity (Wildman–Crippen MR) is 106 cm³/mol. The van der Waals surface area contributed by atoms with Crippen LogP contribution in [-0.4, -0.2) is 37.7 Å². The Morgan fingerprint density at radius 1 is 1.00 bits per heavy atom. The number of carboxylic acid groups (broad SMARTS) is 1. The Hall–Kier alpha value is -1.95. The topological polar surface area (TPSA) is 66.8 Å². The van der Waals surface area contributed by atoms with Gasteiger partial charge >= 0.3 is 5.97 Å². The van der Waals surface area contributed by atoms with E-state index >= 15 is 0 Å². The lowest BCUT2D eigenvalue weighted by molar-refractivity contribution is -0.143. The van der Waals surface area contributed by atoms with Gasteiger partial charge in [-0.15, -0.1) is 0 Å². The molecule has 2 aromatic rings. The fraction of sp³-hybridized carbons (Fsp3) is 0.381. The van der Waals surface area contributed by atoms with Gasteiger partial charge in [0.05, 0.1) is 12.5 Å². The second kappa shape index (κ2) is 8.62. The molecule has 0 amide bonds. The van der Waals surface area contributed by atoms with Crippen molar-refractivity contribution in [3.63, 3.8) is 0 Å². The quantitative estimate of drug-likeness (QED) is 0.699. The highest BCUT2D eigenvalue weighted by Gasteiger charge is 2.50. The molecule has 0 saturated carbocycles. The van der Waals surface area contributed by atoms with Crippen molar-refractivity contribution < 1.29 is 19.4 Å². The number of aliphatic hydroxyl groups excluding tert-OH is 1. The molecule has 2 N–H and O–H groups in total. The minimum Gasteiger partial charge on any atom is -0.481 e. The lowest BCUT2D eigenvalue weighted by atomic mass is 10.1. The van der Waals surface area contributed by atoms with Gasteiger partial charge < -0.3 is 14.6 Å². The number of hydrogen-bond acceptors (Lipinski definition) is 3. The van der Waals surface area contributed by atoms with Crippen molar-refractivity contribution >= 4 is 24.7 Å². The van der Waals surface area contributed by atoms with Crippen LogP contribution in [0.1, 0.15) is 27.2 Å². The SMILES string of the molecule is CC(C)(C)[Si](OCCC(CO)C(=O)O)(c1ccccc1)c1ccccc1. The van der Waals surface area contributed by atoms with Gasteiger partial charge in [-0.05, 0) is 21.8 Å². The monoisotopic (exact) mass is 372 g/mol. The second-order valence-corrected chi connectivity index (χ2v) is 11.8. The third-order valence-electron chi connectivity index (χ3n) is 4.77. The third kappa shape index (κ3) is 4.23. The van der Waals surface area contributed by atoms with Gasteiger partial charge in [0.2, 0.25) is 0 Å². The molecule has 0 heterocycles. The van der Waals surface area contributed by atoms with E-state index in [0.717, 1.165) is 10.4 Å². The summed E-state index contributed by atoms with van der Waals surface area (Å²) in [5.74, 6) is -1.79. The highest BCUT2D eigenvalue weighted by molar-refractivity contribution is 6.99. The van der Waals surface area contributed by atoms with Crippen molar-refractivity contribution in [1.82, 2.24) is 0 Å². The fourth-order valence-corrected chi connectivity index (χ4v) is 7.99. The Bertz CT molecular complexity index is 655. The van der Waals surface area contributed by atoms with E-state index in [0.29, 0.717) is 6.61 Å². The average molecular weight is 373 g/mol. The molecule has 0 spiro atoms. The molecule has 0 aliphatic carbocycles. The van der Waals surface area contributed by atoms with E-state index in [2.05, 4.69) is 45.0 Å². The van der Waals surface area contributed by atoms with E-state index in [1.54, 1.807) is 0 Å². The molecule has 0 aliphatic rings. The summed E-state index contributed by atoms with van der Waals surface area (Å²) in [6, 6.07) is 20.5. The number of carbonyl (C=O) groups is 1. The van der Waals surface area contributed by atoms with Gasteiger partial charge in [-0.2, -0.15) is 0 Å². The second-order valence-electron chi connectivity index (χ2n) is 7.52. The van der Waals surface area contributed by atoms with Crippen LogP contribution in [0.5, 0.6) is 0 Å². The van der Waals surface area contributed by atoms with Crippen LogP contribution < -0.4 is 10.4 Å². The van der Waals surface area contributed by atoms with Crippen molar-refractivity contribution in [2.75, 3.05) is 13.2 Å². The van der Waals surface area contributed by atoms with Crippen molar-refractivity contribution in [1.29, 1.82) is 0 Å². The minimum atomic E-state index is -2.64. The van der Waals surface area contributed by atoms with Crippen molar-refractivity contribution in [2.45, 2.75) is 32.2 Å². The Morgan fingerprint density at radius 2 is 1.46 bits per heavy atom. The normalized spacial score (nSPS) is 13.4. The molecular weight excluding hydrogens is 344 g/mol.